The van der Waals surface area contributed by atoms with E-state index in [9.17, 15) is 0 Å². The van der Waals surface area contributed by atoms with Crippen LogP contribution in [0.15, 0.2) is 6.20 Å². The summed E-state index contributed by atoms with van der Waals surface area (Å²) >= 11 is 6.40. The monoisotopic (exact) mass is 316 g/mol. The predicted octanol–water partition coefficient (Wildman–Crippen LogP) is 2.56. The average Bonchev–Trinajstić information content (AvgIpc) is 2.81. The lowest BCUT2D eigenvalue weighted by atomic mass is 10.0. The Hall–Kier alpha value is -0.620. The number of methoxy groups -OCH3 is 1. The summed E-state index contributed by atoms with van der Waals surface area (Å²) in [5, 5.41) is 8.64. The molecule has 0 aromatic carbocycles. The highest BCUT2D eigenvalue weighted by molar-refractivity contribution is 6.31. The smallest absolute Gasteiger partial charge is 0.0835 e. The van der Waals surface area contributed by atoms with Crippen LogP contribution in [-0.4, -0.2) is 55.1 Å². The number of hydrogen-bond acceptors (Lipinski definition) is 4. The van der Waals surface area contributed by atoms with Crippen molar-refractivity contribution in [2.45, 2.75) is 45.4 Å². The van der Waals surface area contributed by atoms with Crippen LogP contribution in [0, 0.1) is 0 Å². The molecule has 0 aliphatic rings. The lowest BCUT2D eigenvalue weighted by molar-refractivity contribution is 0.0581. The van der Waals surface area contributed by atoms with E-state index in [2.05, 4.69) is 43.3 Å². The molecule has 0 amide bonds. The van der Waals surface area contributed by atoms with Gasteiger partial charge in [0.1, 0.15) is 0 Å². The maximum Gasteiger partial charge on any atom is 0.0835 e. The second kappa shape index (κ2) is 9.41. The molecule has 0 spiro atoms. The minimum atomic E-state index is 0.0668. The highest BCUT2D eigenvalue weighted by atomic mass is 35.5. The van der Waals surface area contributed by atoms with Crippen LogP contribution in [0.4, 0.5) is 0 Å². The van der Waals surface area contributed by atoms with Gasteiger partial charge in [0.05, 0.1) is 35.6 Å². The lowest BCUT2D eigenvalue weighted by Gasteiger charge is -2.28. The number of halogens is 1. The third-order valence-corrected chi connectivity index (χ3v) is 3.85. The molecule has 0 saturated heterocycles. The largest absolute Gasteiger partial charge is 0.379 e. The molecule has 0 radical (unpaired) electrons. The standard InChI is InChI=1S/C15H29ClN4O/c1-6-8-13(21-5)14(17-7-2)15-12(16)11-18-20(15)10-9-19(3)4/h11,13-14,17H,6-10H2,1-5H3. The summed E-state index contributed by atoms with van der Waals surface area (Å²) in [5.41, 5.74) is 1.03. The van der Waals surface area contributed by atoms with Gasteiger partial charge in [-0.25, -0.2) is 0 Å². The number of aromatic nitrogens is 2. The number of nitrogens with zero attached hydrogens (tertiary/aromatic N) is 3. The highest BCUT2D eigenvalue weighted by Crippen LogP contribution is 2.28. The van der Waals surface area contributed by atoms with E-state index in [4.69, 9.17) is 16.3 Å². The molecule has 0 fully saturated rings. The Morgan fingerprint density at radius 2 is 2.14 bits per heavy atom. The van der Waals surface area contributed by atoms with Gasteiger partial charge in [-0.1, -0.05) is 31.9 Å². The number of rotatable bonds is 10. The van der Waals surface area contributed by atoms with Crippen LogP contribution in [0.5, 0.6) is 0 Å². The van der Waals surface area contributed by atoms with Crippen molar-refractivity contribution in [1.29, 1.82) is 0 Å². The van der Waals surface area contributed by atoms with Crippen molar-refractivity contribution < 1.29 is 4.74 Å². The zero-order valence-corrected chi connectivity index (χ0v) is 14.7. The van der Waals surface area contributed by atoms with Crippen molar-refractivity contribution in [3.05, 3.63) is 16.9 Å². The third-order valence-electron chi connectivity index (χ3n) is 3.56. The predicted molar refractivity (Wildman–Crippen MR) is 87.9 cm³/mol. The summed E-state index contributed by atoms with van der Waals surface area (Å²) < 4.78 is 7.69. The van der Waals surface area contributed by atoms with E-state index >= 15 is 0 Å². The van der Waals surface area contributed by atoms with E-state index in [0.29, 0.717) is 5.02 Å². The highest BCUT2D eigenvalue weighted by Gasteiger charge is 2.27. The van der Waals surface area contributed by atoms with Crippen LogP contribution >= 0.6 is 11.6 Å². The summed E-state index contributed by atoms with van der Waals surface area (Å²) in [6.45, 7) is 6.87. The van der Waals surface area contributed by atoms with Gasteiger partial charge in [-0.15, -0.1) is 0 Å². The molecule has 1 N–H and O–H groups in total. The second-order valence-corrected chi connectivity index (χ2v) is 5.91. The van der Waals surface area contributed by atoms with Crippen molar-refractivity contribution in [2.75, 3.05) is 34.3 Å². The summed E-state index contributed by atoms with van der Waals surface area (Å²) in [6, 6.07) is 0.0668. The van der Waals surface area contributed by atoms with Crippen LogP contribution in [0.1, 0.15) is 38.4 Å². The van der Waals surface area contributed by atoms with E-state index in [1.165, 1.54) is 0 Å². The summed E-state index contributed by atoms with van der Waals surface area (Å²) in [4.78, 5) is 2.14. The van der Waals surface area contributed by atoms with Crippen LogP contribution in [-0.2, 0) is 11.3 Å². The number of ether oxygens (including phenoxy) is 1. The second-order valence-electron chi connectivity index (χ2n) is 5.50. The van der Waals surface area contributed by atoms with E-state index in [0.717, 1.165) is 38.2 Å². The molecule has 2 unspecified atom stereocenters. The topological polar surface area (TPSA) is 42.3 Å². The fourth-order valence-electron chi connectivity index (χ4n) is 2.48. The van der Waals surface area contributed by atoms with Crippen LogP contribution in [0.3, 0.4) is 0 Å². The molecule has 1 aromatic heterocycles. The van der Waals surface area contributed by atoms with Gasteiger partial charge in [-0.3, -0.25) is 4.68 Å². The Labute approximate surface area is 133 Å². The summed E-state index contributed by atoms with van der Waals surface area (Å²) in [5.74, 6) is 0. The number of nitrogens with one attached hydrogen (secondary N) is 1. The minimum Gasteiger partial charge on any atom is -0.379 e. The first-order valence-electron chi connectivity index (χ1n) is 7.67. The third kappa shape index (κ3) is 5.25. The zero-order chi connectivity index (χ0) is 15.8. The Kier molecular flexibility index (Phi) is 8.26. The first-order valence-corrected chi connectivity index (χ1v) is 8.04. The van der Waals surface area contributed by atoms with Gasteiger partial charge in [0.25, 0.3) is 0 Å². The molecule has 6 heteroatoms. The van der Waals surface area contributed by atoms with Gasteiger partial charge in [-0.05, 0) is 27.1 Å². The molecule has 1 heterocycles. The normalized spacial score (nSPS) is 14.6. The Morgan fingerprint density at radius 1 is 1.43 bits per heavy atom. The number of hydrogen-bond donors (Lipinski definition) is 1. The van der Waals surface area contributed by atoms with E-state index in [-0.39, 0.29) is 12.1 Å². The lowest BCUT2D eigenvalue weighted by Crippen LogP contribution is -2.35. The molecule has 0 saturated carbocycles. The molecule has 0 aliphatic heterocycles. The molecule has 5 nitrogen and oxygen atoms in total. The van der Waals surface area contributed by atoms with Crippen molar-refractivity contribution in [3.63, 3.8) is 0 Å². The van der Waals surface area contributed by atoms with Crippen molar-refractivity contribution >= 4 is 11.6 Å². The van der Waals surface area contributed by atoms with Crippen LogP contribution in [0.2, 0.25) is 5.02 Å². The Morgan fingerprint density at radius 3 is 2.67 bits per heavy atom. The van der Waals surface area contributed by atoms with Crippen molar-refractivity contribution in [1.82, 2.24) is 20.0 Å². The molecule has 122 valence electrons. The molecule has 21 heavy (non-hydrogen) atoms. The molecule has 0 aliphatic carbocycles. The fourth-order valence-corrected chi connectivity index (χ4v) is 2.74. The first-order chi connectivity index (χ1) is 10.0. The van der Waals surface area contributed by atoms with Gasteiger partial charge in [-0.2, -0.15) is 5.10 Å². The molecular formula is C15H29ClN4O. The minimum absolute atomic E-state index is 0.0668. The van der Waals surface area contributed by atoms with Gasteiger partial charge in [0.15, 0.2) is 0 Å². The first kappa shape index (κ1) is 18.4. The summed E-state index contributed by atoms with van der Waals surface area (Å²) in [6.07, 6.45) is 3.89. The molecule has 0 bridgehead atoms. The van der Waals surface area contributed by atoms with E-state index in [1.54, 1.807) is 13.3 Å². The molecule has 1 rings (SSSR count). The summed E-state index contributed by atoms with van der Waals surface area (Å²) in [7, 11) is 5.88. The molecule has 2 atom stereocenters. The van der Waals surface area contributed by atoms with Gasteiger partial charge in [0, 0.05) is 13.7 Å². The van der Waals surface area contributed by atoms with Gasteiger partial charge >= 0.3 is 0 Å². The fraction of sp³-hybridized carbons (Fsp3) is 0.800. The SMILES string of the molecule is CCCC(OC)C(NCC)c1c(Cl)cnn1CCN(C)C. The number of likely N-dealkylation sites (N-methyl/N-ethyl adjacent to an activating group) is 2. The quantitative estimate of drug-likeness (QED) is 0.720. The Balaban J connectivity index is 3.02. The van der Waals surface area contributed by atoms with Crippen molar-refractivity contribution in [2.24, 2.45) is 0 Å². The van der Waals surface area contributed by atoms with Crippen LogP contribution in [0.25, 0.3) is 0 Å². The molecule has 1 aromatic rings. The van der Waals surface area contributed by atoms with Gasteiger partial charge < -0.3 is 15.0 Å². The van der Waals surface area contributed by atoms with E-state index in [1.807, 2.05) is 4.68 Å². The van der Waals surface area contributed by atoms with Crippen LogP contribution < -0.4 is 5.32 Å². The maximum atomic E-state index is 6.40. The van der Waals surface area contributed by atoms with Gasteiger partial charge in [0.2, 0.25) is 0 Å². The zero-order valence-electron chi connectivity index (χ0n) is 13.9. The Bertz CT molecular complexity index is 408. The van der Waals surface area contributed by atoms with Crippen molar-refractivity contribution in [3.8, 4) is 0 Å². The average molecular weight is 317 g/mol. The molecular weight excluding hydrogens is 288 g/mol. The van der Waals surface area contributed by atoms with E-state index < -0.39 is 0 Å². The maximum absolute atomic E-state index is 6.40.